The van der Waals surface area contributed by atoms with Crippen LogP contribution in [0, 0.1) is 28.1 Å². The molecular formula is C12H16ClNO2. The molecule has 1 aliphatic carbocycles. The molecule has 0 aromatic rings. The highest BCUT2D eigenvalue weighted by Crippen LogP contribution is 2.71. The van der Waals surface area contributed by atoms with Crippen molar-refractivity contribution in [2.24, 2.45) is 16.7 Å². The summed E-state index contributed by atoms with van der Waals surface area (Å²) in [4.78, 5) is 11.4. The molecule has 0 spiro atoms. The Balaban J connectivity index is 3.07. The summed E-state index contributed by atoms with van der Waals surface area (Å²) in [6.45, 7) is 5.53. The van der Waals surface area contributed by atoms with E-state index in [9.17, 15) is 9.90 Å². The molecule has 0 amide bonds. The fraction of sp³-hybridized carbons (Fsp3) is 0.667. The molecule has 1 aliphatic rings. The first kappa shape index (κ1) is 13.1. The largest absolute Gasteiger partial charge is 0.481 e. The van der Waals surface area contributed by atoms with Gasteiger partial charge in [0, 0.05) is 17.4 Å². The Morgan fingerprint density at radius 3 is 2.56 bits per heavy atom. The summed E-state index contributed by atoms with van der Waals surface area (Å²) >= 11 is 5.68. The minimum absolute atomic E-state index is 0.101. The van der Waals surface area contributed by atoms with Crippen LogP contribution in [-0.2, 0) is 4.79 Å². The molecule has 0 bridgehead atoms. The molecule has 0 radical (unpaired) electrons. The number of rotatable bonds is 4. The van der Waals surface area contributed by atoms with Gasteiger partial charge in [-0.1, -0.05) is 19.9 Å². The smallest absolute Gasteiger partial charge is 0.310 e. The number of nitriles is 1. The predicted octanol–water partition coefficient (Wildman–Crippen LogP) is 2.81. The Labute approximate surface area is 101 Å². The van der Waals surface area contributed by atoms with Crippen LogP contribution in [0.25, 0.3) is 0 Å². The summed E-state index contributed by atoms with van der Waals surface area (Å²) in [5, 5.41) is 18.1. The third-order valence-electron chi connectivity index (χ3n) is 3.84. The van der Waals surface area contributed by atoms with E-state index in [0.29, 0.717) is 17.9 Å². The minimum Gasteiger partial charge on any atom is -0.481 e. The second kappa shape index (κ2) is 4.10. The summed E-state index contributed by atoms with van der Waals surface area (Å²) in [7, 11) is 0. The Bertz CT molecular complexity index is 381. The third kappa shape index (κ3) is 1.62. The van der Waals surface area contributed by atoms with E-state index in [1.54, 1.807) is 13.0 Å². The average Bonchev–Trinajstić information content (AvgIpc) is 2.66. The molecule has 0 heterocycles. The van der Waals surface area contributed by atoms with E-state index >= 15 is 0 Å². The van der Waals surface area contributed by atoms with Gasteiger partial charge in [0.1, 0.15) is 0 Å². The number of allylic oxidation sites excluding steroid dienone is 2. The van der Waals surface area contributed by atoms with Gasteiger partial charge in [0.15, 0.2) is 0 Å². The predicted molar refractivity (Wildman–Crippen MR) is 62.0 cm³/mol. The lowest BCUT2D eigenvalue weighted by Gasteiger charge is -2.12. The first-order valence-corrected chi connectivity index (χ1v) is 5.76. The molecule has 88 valence electrons. The molecule has 2 unspecified atom stereocenters. The van der Waals surface area contributed by atoms with Crippen molar-refractivity contribution in [2.75, 3.05) is 5.88 Å². The van der Waals surface area contributed by atoms with Gasteiger partial charge in [-0.25, -0.2) is 0 Å². The SMILES string of the molecule is CC(C#N)=CC1C(C)(C)C1(CCCl)C(=O)O. The highest BCUT2D eigenvalue weighted by Gasteiger charge is 2.74. The average molecular weight is 242 g/mol. The van der Waals surface area contributed by atoms with Crippen LogP contribution < -0.4 is 0 Å². The maximum absolute atomic E-state index is 11.4. The second-order valence-electron chi connectivity index (χ2n) is 4.88. The highest BCUT2D eigenvalue weighted by molar-refractivity contribution is 6.18. The number of alkyl halides is 1. The number of carboxylic acids is 1. The summed E-state index contributed by atoms with van der Waals surface area (Å²) in [5.41, 5.74) is -0.561. The lowest BCUT2D eigenvalue weighted by Crippen LogP contribution is -2.22. The Morgan fingerprint density at radius 2 is 2.19 bits per heavy atom. The van der Waals surface area contributed by atoms with Gasteiger partial charge in [0.25, 0.3) is 0 Å². The summed E-state index contributed by atoms with van der Waals surface area (Å²) in [6.07, 6.45) is 2.21. The van der Waals surface area contributed by atoms with Crippen molar-refractivity contribution in [3.63, 3.8) is 0 Å². The number of carboxylic acid groups (broad SMARTS) is 1. The van der Waals surface area contributed by atoms with E-state index in [4.69, 9.17) is 16.9 Å². The van der Waals surface area contributed by atoms with Crippen molar-refractivity contribution in [3.05, 3.63) is 11.6 Å². The van der Waals surface area contributed by atoms with Gasteiger partial charge in [0.2, 0.25) is 0 Å². The summed E-state index contributed by atoms with van der Waals surface area (Å²) in [6, 6.07) is 2.03. The zero-order valence-corrected chi connectivity index (χ0v) is 10.5. The topological polar surface area (TPSA) is 61.1 Å². The Hall–Kier alpha value is -1.01. The van der Waals surface area contributed by atoms with Gasteiger partial charge >= 0.3 is 5.97 Å². The quantitative estimate of drug-likeness (QED) is 0.608. The molecule has 16 heavy (non-hydrogen) atoms. The van der Waals surface area contributed by atoms with Gasteiger partial charge in [-0.15, -0.1) is 11.6 Å². The van der Waals surface area contributed by atoms with Crippen LogP contribution >= 0.6 is 11.6 Å². The molecule has 4 heteroatoms. The molecule has 1 N–H and O–H groups in total. The van der Waals surface area contributed by atoms with Crippen LogP contribution in [0.5, 0.6) is 0 Å². The molecule has 0 aliphatic heterocycles. The molecular weight excluding hydrogens is 226 g/mol. The van der Waals surface area contributed by atoms with Crippen molar-refractivity contribution < 1.29 is 9.90 Å². The van der Waals surface area contributed by atoms with E-state index in [0.717, 1.165) is 0 Å². The second-order valence-corrected chi connectivity index (χ2v) is 5.25. The fourth-order valence-corrected chi connectivity index (χ4v) is 2.97. The van der Waals surface area contributed by atoms with Crippen LogP contribution in [-0.4, -0.2) is 17.0 Å². The number of hydrogen-bond donors (Lipinski definition) is 1. The van der Waals surface area contributed by atoms with Crippen molar-refractivity contribution >= 4 is 17.6 Å². The first-order chi connectivity index (χ1) is 7.34. The number of halogens is 1. The monoisotopic (exact) mass is 241 g/mol. The normalized spacial score (nSPS) is 31.9. The molecule has 0 aromatic carbocycles. The Kier molecular flexibility index (Phi) is 3.35. The number of carbonyl (C=O) groups is 1. The van der Waals surface area contributed by atoms with E-state index in [2.05, 4.69) is 0 Å². The molecule has 1 rings (SSSR count). The van der Waals surface area contributed by atoms with Crippen molar-refractivity contribution in [2.45, 2.75) is 27.2 Å². The lowest BCUT2D eigenvalue weighted by molar-refractivity contribution is -0.145. The standard InChI is InChI=1S/C12H16ClNO2/c1-8(7-14)6-9-11(2,3)12(9,4-5-13)10(15)16/h6,9H,4-5H2,1-3H3,(H,15,16). The van der Waals surface area contributed by atoms with Crippen LogP contribution in [0.2, 0.25) is 0 Å². The van der Waals surface area contributed by atoms with Gasteiger partial charge in [0.05, 0.1) is 11.5 Å². The maximum Gasteiger partial charge on any atom is 0.310 e. The number of hydrogen-bond acceptors (Lipinski definition) is 2. The van der Waals surface area contributed by atoms with Crippen molar-refractivity contribution in [1.82, 2.24) is 0 Å². The van der Waals surface area contributed by atoms with Gasteiger partial charge in [-0.3, -0.25) is 4.79 Å². The fourth-order valence-electron chi connectivity index (χ4n) is 2.68. The first-order valence-electron chi connectivity index (χ1n) is 5.22. The van der Waals surface area contributed by atoms with Gasteiger partial charge < -0.3 is 5.11 Å². The zero-order chi connectivity index (χ0) is 12.6. The van der Waals surface area contributed by atoms with Gasteiger partial charge in [-0.2, -0.15) is 5.26 Å². The third-order valence-corrected chi connectivity index (χ3v) is 4.03. The van der Waals surface area contributed by atoms with E-state index in [-0.39, 0.29) is 11.3 Å². The molecule has 2 atom stereocenters. The molecule has 0 aromatic heterocycles. The van der Waals surface area contributed by atoms with Crippen LogP contribution in [0.1, 0.15) is 27.2 Å². The summed E-state index contributed by atoms with van der Waals surface area (Å²) in [5.74, 6) is -0.591. The number of nitrogens with zero attached hydrogens (tertiary/aromatic N) is 1. The lowest BCUT2D eigenvalue weighted by atomic mass is 9.93. The van der Waals surface area contributed by atoms with Crippen LogP contribution in [0.3, 0.4) is 0 Å². The maximum atomic E-state index is 11.4. The minimum atomic E-state index is -0.815. The van der Waals surface area contributed by atoms with E-state index < -0.39 is 11.4 Å². The Morgan fingerprint density at radius 1 is 1.62 bits per heavy atom. The van der Waals surface area contributed by atoms with Crippen LogP contribution in [0.15, 0.2) is 11.6 Å². The van der Waals surface area contributed by atoms with E-state index in [1.807, 2.05) is 19.9 Å². The molecule has 1 saturated carbocycles. The van der Waals surface area contributed by atoms with Crippen LogP contribution in [0.4, 0.5) is 0 Å². The summed E-state index contributed by atoms with van der Waals surface area (Å²) < 4.78 is 0. The number of aliphatic carboxylic acids is 1. The molecule has 3 nitrogen and oxygen atoms in total. The van der Waals surface area contributed by atoms with Gasteiger partial charge in [-0.05, 0) is 18.8 Å². The highest BCUT2D eigenvalue weighted by atomic mass is 35.5. The molecule has 1 fully saturated rings. The van der Waals surface area contributed by atoms with Crippen molar-refractivity contribution in [1.29, 1.82) is 5.26 Å². The van der Waals surface area contributed by atoms with Crippen molar-refractivity contribution in [3.8, 4) is 6.07 Å². The van der Waals surface area contributed by atoms with E-state index in [1.165, 1.54) is 0 Å². The zero-order valence-electron chi connectivity index (χ0n) is 9.75. The molecule has 0 saturated heterocycles.